The van der Waals surface area contributed by atoms with Gasteiger partial charge in [0.2, 0.25) is 0 Å². The Labute approximate surface area is 474 Å². The molecule has 0 spiro atoms. The van der Waals surface area contributed by atoms with Crippen LogP contribution in [0.1, 0.15) is 71.9 Å². The number of ether oxygens (including phenoxy) is 6. The molecule has 6 heterocycles. The molecule has 428 valence electrons. The molecule has 4 unspecified atom stereocenters. The molecule has 0 amide bonds. The molecule has 2 saturated heterocycles. The van der Waals surface area contributed by atoms with Gasteiger partial charge in [0.1, 0.15) is 46.9 Å². The maximum atomic E-state index is 10.9. The topological polar surface area (TPSA) is 273 Å². The Kier molecular flexibility index (Phi) is 16.7. The van der Waals surface area contributed by atoms with Crippen molar-refractivity contribution in [2.24, 2.45) is 23.7 Å². The van der Waals surface area contributed by atoms with Gasteiger partial charge in [-0.1, -0.05) is 0 Å². The number of benzene rings is 4. The quantitative estimate of drug-likeness (QED) is 0.0593. The standard InChI is InChI=1S/2C16H18N4O2.2C15H17NO3/c2*17-9-11-1-2-12-10-18-19-15(12)16(11)22-14-7-13(8-14)20-3-5-21-6-4-20;2*1-8-5-13(19-2)12(10-3-4-16-14(8)10)7-9-6-11(9)15(17)18/h2*1-2,10,13-14H,3-8H2,(H,18,19);2*3-5,9,11,16H,6-7H2,1-2H3,(H,17,18). The van der Waals surface area contributed by atoms with E-state index >= 15 is 0 Å². The van der Waals surface area contributed by atoms with Crippen LogP contribution >= 0.6 is 0 Å². The monoisotopic (exact) mass is 1110 g/mol. The highest BCUT2D eigenvalue weighted by Crippen LogP contribution is 2.46. The van der Waals surface area contributed by atoms with Gasteiger partial charge in [-0.15, -0.1) is 0 Å². The summed E-state index contributed by atoms with van der Waals surface area (Å²) in [5.41, 5.74) is 9.51. The van der Waals surface area contributed by atoms with Crippen LogP contribution in [0.3, 0.4) is 0 Å². The van der Waals surface area contributed by atoms with Crippen molar-refractivity contribution in [1.29, 1.82) is 10.5 Å². The van der Waals surface area contributed by atoms with Gasteiger partial charge in [-0.2, -0.15) is 20.7 Å². The molecule has 8 aromatic rings. The Bertz CT molecular complexity index is 3420. The zero-order valence-electron chi connectivity index (χ0n) is 46.7. The van der Waals surface area contributed by atoms with Crippen molar-refractivity contribution in [1.82, 2.24) is 40.2 Å². The molecular formula is C62H70N10O10. The highest BCUT2D eigenvalue weighted by molar-refractivity contribution is 5.90. The molecule has 20 nitrogen and oxygen atoms in total. The van der Waals surface area contributed by atoms with Crippen LogP contribution in [-0.2, 0) is 31.9 Å². The Balaban J connectivity index is 0.000000115. The molecule has 6 N–H and O–H groups in total. The van der Waals surface area contributed by atoms with Crippen molar-refractivity contribution in [2.45, 2.75) is 89.5 Å². The third-order valence-corrected chi connectivity index (χ3v) is 17.3. The van der Waals surface area contributed by atoms with Gasteiger partial charge in [-0.25, -0.2) is 0 Å². The minimum Gasteiger partial charge on any atom is -0.496 e. The van der Waals surface area contributed by atoms with E-state index in [0.717, 1.165) is 181 Å². The van der Waals surface area contributed by atoms with E-state index in [1.807, 2.05) is 62.6 Å². The van der Waals surface area contributed by atoms with Gasteiger partial charge in [0, 0.05) is 120 Å². The minimum atomic E-state index is -0.679. The number of aromatic amines is 4. The minimum absolute atomic E-state index is 0.175. The van der Waals surface area contributed by atoms with Crippen molar-refractivity contribution in [3.05, 3.63) is 107 Å². The van der Waals surface area contributed by atoms with Crippen LogP contribution in [0, 0.1) is 60.2 Å². The van der Waals surface area contributed by atoms with Gasteiger partial charge in [0.05, 0.1) is 76.0 Å². The van der Waals surface area contributed by atoms with Gasteiger partial charge < -0.3 is 48.6 Å². The van der Waals surface area contributed by atoms with Crippen LogP contribution in [-0.4, -0.2) is 153 Å². The lowest BCUT2D eigenvalue weighted by Gasteiger charge is -2.44. The van der Waals surface area contributed by atoms with E-state index < -0.39 is 11.9 Å². The molecule has 4 aliphatic carbocycles. The molecule has 6 aliphatic rings. The van der Waals surface area contributed by atoms with E-state index in [2.05, 4.69) is 52.3 Å². The van der Waals surface area contributed by atoms with Crippen molar-refractivity contribution in [3.8, 4) is 35.1 Å². The van der Waals surface area contributed by atoms with Crippen LogP contribution in [0.15, 0.2) is 73.3 Å². The molecule has 20 heteroatoms. The number of hydrogen-bond donors (Lipinski definition) is 6. The number of nitrogens with zero attached hydrogens (tertiary/aromatic N) is 6. The van der Waals surface area contributed by atoms with E-state index in [-0.39, 0.29) is 35.9 Å². The van der Waals surface area contributed by atoms with Gasteiger partial charge >= 0.3 is 11.9 Å². The van der Waals surface area contributed by atoms with Crippen LogP contribution < -0.4 is 18.9 Å². The molecule has 4 atom stereocenters. The zero-order valence-corrected chi connectivity index (χ0v) is 46.7. The molecule has 4 saturated carbocycles. The predicted octanol–water partition coefficient (Wildman–Crippen LogP) is 8.85. The number of methoxy groups -OCH3 is 2. The number of carboxylic acid groups (broad SMARTS) is 2. The molecular weight excluding hydrogens is 1040 g/mol. The second-order valence-corrected chi connectivity index (χ2v) is 22.4. The van der Waals surface area contributed by atoms with Crippen LogP contribution in [0.5, 0.6) is 23.0 Å². The number of aromatic nitrogens is 6. The second kappa shape index (κ2) is 24.5. The number of fused-ring (bicyclic) bond motifs is 4. The summed E-state index contributed by atoms with van der Waals surface area (Å²) < 4.78 is 33.9. The predicted molar refractivity (Wildman–Crippen MR) is 306 cm³/mol. The smallest absolute Gasteiger partial charge is 0.306 e. The normalized spacial score (nSPS) is 23.7. The fourth-order valence-corrected chi connectivity index (χ4v) is 12.2. The van der Waals surface area contributed by atoms with E-state index in [9.17, 15) is 20.1 Å². The molecule has 82 heavy (non-hydrogen) atoms. The fourth-order valence-electron chi connectivity index (χ4n) is 12.2. The highest BCUT2D eigenvalue weighted by atomic mass is 16.5. The molecule has 6 fully saturated rings. The third kappa shape index (κ3) is 11.9. The lowest BCUT2D eigenvalue weighted by atomic mass is 9.87. The summed E-state index contributed by atoms with van der Waals surface area (Å²) in [5.74, 6) is 1.77. The second-order valence-electron chi connectivity index (χ2n) is 22.4. The van der Waals surface area contributed by atoms with Crippen LogP contribution in [0.25, 0.3) is 43.6 Å². The number of carboxylic acids is 2. The summed E-state index contributed by atoms with van der Waals surface area (Å²) in [6.07, 6.45) is 14.8. The highest BCUT2D eigenvalue weighted by Gasteiger charge is 2.45. The Morgan fingerprint density at radius 3 is 1.37 bits per heavy atom. The Hall–Kier alpha value is -8.14. The maximum Gasteiger partial charge on any atom is 0.306 e. The molecule has 4 aromatic heterocycles. The number of H-pyrrole nitrogens is 4. The summed E-state index contributed by atoms with van der Waals surface area (Å²) in [4.78, 5) is 33.3. The van der Waals surface area contributed by atoms with Crippen molar-refractivity contribution in [2.75, 3.05) is 66.8 Å². The first-order chi connectivity index (χ1) is 39.9. The third-order valence-electron chi connectivity index (χ3n) is 17.3. The summed E-state index contributed by atoms with van der Waals surface area (Å²) in [6, 6.07) is 21.1. The van der Waals surface area contributed by atoms with Gasteiger partial charge in [-0.3, -0.25) is 29.6 Å². The number of nitriles is 2. The van der Waals surface area contributed by atoms with Crippen molar-refractivity contribution < 1.29 is 48.2 Å². The summed E-state index contributed by atoms with van der Waals surface area (Å²) in [7, 11) is 3.33. The van der Waals surface area contributed by atoms with E-state index in [4.69, 9.17) is 38.6 Å². The van der Waals surface area contributed by atoms with Gasteiger partial charge in [0.15, 0.2) is 11.5 Å². The van der Waals surface area contributed by atoms with Gasteiger partial charge in [0.25, 0.3) is 0 Å². The Morgan fingerprint density at radius 2 is 1.01 bits per heavy atom. The fraction of sp³-hybridized carbons (Fsp3) is 0.452. The van der Waals surface area contributed by atoms with Crippen LogP contribution in [0.2, 0.25) is 0 Å². The average molecular weight is 1120 g/mol. The largest absolute Gasteiger partial charge is 0.496 e. The SMILES string of the molecule is COc1cc(C)c2[nH]ccc2c1CC1CC1C(=O)O.COc1cc(C)c2[nH]ccc2c1CC1CC1C(=O)O.N#Cc1ccc2cn[nH]c2c1OC1CC(N2CCOCC2)C1.N#Cc1ccc2cn[nH]c2c1OC1CC(N2CCOCC2)C1. The van der Waals surface area contributed by atoms with E-state index in [1.165, 1.54) is 0 Å². The maximum absolute atomic E-state index is 10.9. The molecule has 4 aromatic carbocycles. The lowest BCUT2D eigenvalue weighted by molar-refractivity contribution is -0.139. The van der Waals surface area contributed by atoms with Crippen molar-refractivity contribution >= 4 is 55.6 Å². The number of aryl methyl sites for hydroxylation is 2. The van der Waals surface area contributed by atoms with E-state index in [1.54, 1.807) is 38.7 Å². The molecule has 0 bridgehead atoms. The number of hydrogen-bond acceptors (Lipinski definition) is 14. The van der Waals surface area contributed by atoms with Gasteiger partial charge in [-0.05, 0) is 111 Å². The number of morpholine rings is 2. The number of rotatable bonds is 14. The first kappa shape index (κ1) is 55.8. The first-order valence-electron chi connectivity index (χ1n) is 28.3. The molecule has 0 radical (unpaired) electrons. The zero-order chi connectivity index (χ0) is 57.0. The van der Waals surface area contributed by atoms with Crippen molar-refractivity contribution in [3.63, 3.8) is 0 Å². The number of aliphatic carboxylic acids is 2. The Morgan fingerprint density at radius 1 is 0.610 bits per heavy atom. The summed E-state index contributed by atoms with van der Waals surface area (Å²) in [6.45, 7) is 11.4. The summed E-state index contributed by atoms with van der Waals surface area (Å²) >= 11 is 0. The first-order valence-corrected chi connectivity index (χ1v) is 28.3. The molecule has 14 rings (SSSR count). The number of nitrogens with one attached hydrogen (secondary N) is 4. The average Bonchev–Trinajstić information content (AvgIpc) is 4.06. The van der Waals surface area contributed by atoms with Crippen LogP contribution in [0.4, 0.5) is 0 Å². The van der Waals surface area contributed by atoms with E-state index in [0.29, 0.717) is 34.7 Å². The lowest BCUT2D eigenvalue weighted by Crippen LogP contribution is -2.52. The summed E-state index contributed by atoms with van der Waals surface area (Å²) in [5, 5.41) is 54.8. The number of carbonyl (C=O) groups is 2. The molecule has 2 aliphatic heterocycles.